The molecule has 1 saturated carbocycles. The minimum atomic E-state index is -0.169. The van der Waals surface area contributed by atoms with Crippen molar-refractivity contribution in [3.63, 3.8) is 0 Å². The van der Waals surface area contributed by atoms with Gasteiger partial charge >= 0.3 is 0 Å². The van der Waals surface area contributed by atoms with Crippen molar-refractivity contribution in [2.45, 2.75) is 37.8 Å². The van der Waals surface area contributed by atoms with Crippen LogP contribution in [0.2, 0.25) is 10.0 Å². The van der Waals surface area contributed by atoms with Gasteiger partial charge in [0, 0.05) is 35.3 Å². The molecule has 0 bridgehead atoms. The lowest BCUT2D eigenvalue weighted by atomic mass is 9.90. The number of ether oxygens (including phenoxy) is 2. The Balaban J connectivity index is 1.63. The van der Waals surface area contributed by atoms with Gasteiger partial charge in [0.25, 0.3) is 0 Å². The van der Waals surface area contributed by atoms with Crippen molar-refractivity contribution in [1.29, 1.82) is 0 Å². The van der Waals surface area contributed by atoms with Crippen LogP contribution >= 0.6 is 23.2 Å². The van der Waals surface area contributed by atoms with E-state index in [4.69, 9.17) is 32.7 Å². The molecular weight excluding hydrogens is 475 g/mol. The topological polar surface area (TPSA) is 85.4 Å². The fourth-order valence-corrected chi connectivity index (χ4v) is 5.00. The summed E-state index contributed by atoms with van der Waals surface area (Å²) in [6.07, 6.45) is 7.04. The SMILES string of the molecule is C=CC(=O)N[C@@H]1CCCC[C@H]1Nc1ncc2cc(-c3c(Cl)c(OC)cc(OC)c3Cl)ccc2n1. The van der Waals surface area contributed by atoms with Crippen molar-refractivity contribution in [3.05, 3.63) is 53.2 Å². The Hall–Kier alpha value is -3.03. The summed E-state index contributed by atoms with van der Waals surface area (Å²) in [4.78, 5) is 21.0. The van der Waals surface area contributed by atoms with Crippen molar-refractivity contribution in [2.75, 3.05) is 19.5 Å². The lowest BCUT2D eigenvalue weighted by molar-refractivity contribution is -0.117. The first kappa shape index (κ1) is 24.1. The summed E-state index contributed by atoms with van der Waals surface area (Å²) in [6, 6.07) is 7.45. The van der Waals surface area contributed by atoms with Crippen molar-refractivity contribution in [1.82, 2.24) is 15.3 Å². The normalized spacial score (nSPS) is 17.8. The van der Waals surface area contributed by atoms with Gasteiger partial charge in [-0.3, -0.25) is 4.79 Å². The van der Waals surface area contributed by atoms with Crippen LogP contribution in [0.25, 0.3) is 22.0 Å². The molecule has 7 nitrogen and oxygen atoms in total. The van der Waals surface area contributed by atoms with Crippen molar-refractivity contribution >= 4 is 46.0 Å². The summed E-state index contributed by atoms with van der Waals surface area (Å²) in [5.74, 6) is 1.29. The van der Waals surface area contributed by atoms with E-state index in [-0.39, 0.29) is 18.0 Å². The number of benzene rings is 2. The lowest BCUT2D eigenvalue weighted by Gasteiger charge is -2.32. The first-order valence-corrected chi connectivity index (χ1v) is 11.8. The molecule has 2 N–H and O–H groups in total. The molecule has 4 rings (SSSR count). The molecule has 1 aromatic heterocycles. The summed E-state index contributed by atoms with van der Waals surface area (Å²) in [5, 5.41) is 8.04. The van der Waals surface area contributed by atoms with Crippen LogP contribution in [0.3, 0.4) is 0 Å². The second-order valence-electron chi connectivity index (χ2n) is 8.11. The maximum Gasteiger partial charge on any atom is 0.243 e. The number of rotatable bonds is 7. The quantitative estimate of drug-likeness (QED) is 0.408. The summed E-state index contributed by atoms with van der Waals surface area (Å²) in [7, 11) is 3.08. The van der Waals surface area contributed by atoms with Gasteiger partial charge in [-0.25, -0.2) is 9.97 Å². The van der Waals surface area contributed by atoms with Crippen LogP contribution in [0.4, 0.5) is 5.95 Å². The Morgan fingerprint density at radius 1 is 1.09 bits per heavy atom. The predicted molar refractivity (Wildman–Crippen MR) is 136 cm³/mol. The van der Waals surface area contributed by atoms with E-state index in [2.05, 4.69) is 27.2 Å². The zero-order valence-electron chi connectivity index (χ0n) is 19.0. The van der Waals surface area contributed by atoms with Gasteiger partial charge < -0.3 is 20.1 Å². The molecule has 0 spiro atoms. The minimum absolute atomic E-state index is 0.00764. The highest BCUT2D eigenvalue weighted by molar-refractivity contribution is 6.41. The van der Waals surface area contributed by atoms with Crippen LogP contribution < -0.4 is 20.1 Å². The smallest absolute Gasteiger partial charge is 0.243 e. The number of methoxy groups -OCH3 is 2. The molecule has 1 heterocycles. The average Bonchev–Trinajstić information content (AvgIpc) is 2.85. The number of anilines is 1. The standard InChI is InChI=1S/C25H26Cl2N4O3/c1-4-21(32)29-17-7-5-6-8-18(17)31-25-28-13-15-11-14(9-10-16(15)30-25)22-23(26)19(33-2)12-20(34-3)24(22)27/h4,9-13,17-18H,1,5-8H2,2-3H3,(H,29,32)(H,28,30,31)/t17-,18-/m1/s1. The minimum Gasteiger partial charge on any atom is -0.495 e. The van der Waals surface area contributed by atoms with Crippen LogP contribution in [0.5, 0.6) is 11.5 Å². The monoisotopic (exact) mass is 500 g/mol. The van der Waals surface area contributed by atoms with Gasteiger partial charge in [-0.15, -0.1) is 0 Å². The average molecular weight is 501 g/mol. The van der Waals surface area contributed by atoms with E-state index < -0.39 is 0 Å². The Labute approximate surface area is 208 Å². The van der Waals surface area contributed by atoms with E-state index in [0.717, 1.165) is 42.1 Å². The molecule has 0 saturated heterocycles. The Morgan fingerprint density at radius 2 is 1.76 bits per heavy atom. The van der Waals surface area contributed by atoms with Gasteiger partial charge in [0.05, 0.1) is 29.8 Å². The van der Waals surface area contributed by atoms with E-state index in [1.54, 1.807) is 26.5 Å². The van der Waals surface area contributed by atoms with E-state index >= 15 is 0 Å². The van der Waals surface area contributed by atoms with E-state index in [0.29, 0.717) is 33.1 Å². The highest BCUT2D eigenvalue weighted by Crippen LogP contribution is 2.46. The maximum atomic E-state index is 11.8. The van der Waals surface area contributed by atoms with Gasteiger partial charge in [0.1, 0.15) is 11.5 Å². The maximum absolute atomic E-state index is 11.8. The number of fused-ring (bicyclic) bond motifs is 1. The molecule has 0 radical (unpaired) electrons. The van der Waals surface area contributed by atoms with Gasteiger partial charge in [0.15, 0.2) is 0 Å². The second-order valence-corrected chi connectivity index (χ2v) is 8.86. The highest BCUT2D eigenvalue weighted by atomic mass is 35.5. The molecule has 1 aliphatic rings. The van der Waals surface area contributed by atoms with Crippen LogP contribution in [0.1, 0.15) is 25.7 Å². The van der Waals surface area contributed by atoms with E-state index in [1.165, 1.54) is 6.08 Å². The van der Waals surface area contributed by atoms with Gasteiger partial charge in [-0.1, -0.05) is 48.7 Å². The largest absolute Gasteiger partial charge is 0.495 e. The van der Waals surface area contributed by atoms with Crippen LogP contribution in [0, 0.1) is 0 Å². The molecule has 2 atom stereocenters. The molecule has 1 amide bonds. The third-order valence-electron chi connectivity index (χ3n) is 6.04. The van der Waals surface area contributed by atoms with Crippen molar-refractivity contribution in [2.24, 2.45) is 0 Å². The fraction of sp³-hybridized carbons (Fsp3) is 0.320. The summed E-state index contributed by atoms with van der Waals surface area (Å²) >= 11 is 13.2. The van der Waals surface area contributed by atoms with E-state index in [1.807, 2.05) is 18.2 Å². The molecule has 9 heteroatoms. The Kier molecular flexibility index (Phi) is 7.44. The number of amides is 1. The number of aromatic nitrogens is 2. The summed E-state index contributed by atoms with van der Waals surface area (Å²) in [5.41, 5.74) is 2.18. The van der Waals surface area contributed by atoms with Crippen molar-refractivity contribution < 1.29 is 14.3 Å². The van der Waals surface area contributed by atoms with Crippen molar-refractivity contribution in [3.8, 4) is 22.6 Å². The number of carbonyl (C=O) groups excluding carboxylic acids is 1. The molecule has 0 unspecified atom stereocenters. The summed E-state index contributed by atoms with van der Waals surface area (Å²) in [6.45, 7) is 3.54. The Morgan fingerprint density at radius 3 is 2.41 bits per heavy atom. The molecular formula is C25H26Cl2N4O3. The molecule has 2 aromatic carbocycles. The lowest BCUT2D eigenvalue weighted by Crippen LogP contribution is -2.48. The molecule has 0 aliphatic heterocycles. The third-order valence-corrected chi connectivity index (χ3v) is 6.79. The molecule has 3 aromatic rings. The molecule has 178 valence electrons. The summed E-state index contributed by atoms with van der Waals surface area (Å²) < 4.78 is 10.8. The number of nitrogens with one attached hydrogen (secondary N) is 2. The van der Waals surface area contributed by atoms with Crippen LogP contribution in [-0.4, -0.2) is 42.2 Å². The van der Waals surface area contributed by atoms with E-state index in [9.17, 15) is 4.79 Å². The van der Waals surface area contributed by atoms with Gasteiger partial charge in [-0.05, 0) is 36.6 Å². The zero-order chi connectivity index (χ0) is 24.2. The number of hydrogen-bond acceptors (Lipinski definition) is 6. The number of nitrogens with zero attached hydrogens (tertiary/aromatic N) is 2. The van der Waals surface area contributed by atoms with Gasteiger partial charge in [-0.2, -0.15) is 0 Å². The number of halogens is 2. The third kappa shape index (κ3) is 4.91. The predicted octanol–water partition coefficient (Wildman–Crippen LogP) is 5.65. The van der Waals surface area contributed by atoms with Crippen LogP contribution in [-0.2, 0) is 4.79 Å². The Bertz CT molecular complexity index is 1210. The first-order valence-electron chi connectivity index (χ1n) is 11.0. The molecule has 1 aliphatic carbocycles. The molecule has 34 heavy (non-hydrogen) atoms. The van der Waals surface area contributed by atoms with Gasteiger partial charge in [0.2, 0.25) is 11.9 Å². The number of hydrogen-bond donors (Lipinski definition) is 2. The molecule has 1 fully saturated rings. The first-order chi connectivity index (χ1) is 16.4. The number of carbonyl (C=O) groups is 1. The fourth-order valence-electron chi connectivity index (χ4n) is 4.28. The van der Waals surface area contributed by atoms with Crippen LogP contribution in [0.15, 0.2) is 43.1 Å². The highest BCUT2D eigenvalue weighted by Gasteiger charge is 2.26. The second kappa shape index (κ2) is 10.5. The zero-order valence-corrected chi connectivity index (χ0v) is 20.5.